The van der Waals surface area contributed by atoms with Crippen molar-refractivity contribution in [2.45, 2.75) is 64.4 Å². The second-order valence-electron chi connectivity index (χ2n) is 6.29. The minimum absolute atomic E-state index is 0.450. The Hall–Kier alpha value is -0.0800. The van der Waals surface area contributed by atoms with E-state index in [9.17, 15) is 0 Å². The van der Waals surface area contributed by atoms with Crippen molar-refractivity contribution in [2.75, 3.05) is 13.2 Å². The number of ether oxygens (including phenoxy) is 1. The van der Waals surface area contributed by atoms with Gasteiger partial charge in [0.15, 0.2) is 0 Å². The minimum atomic E-state index is 0.450. The summed E-state index contributed by atoms with van der Waals surface area (Å²) in [6.07, 6.45) is 11.3. The molecular weight excluding hydrogens is 210 g/mol. The second kappa shape index (κ2) is 6.75. The summed E-state index contributed by atoms with van der Waals surface area (Å²) in [5.41, 5.74) is 5.87. The fraction of sp³-hybridized carbons (Fsp3) is 1.00. The lowest BCUT2D eigenvalue weighted by molar-refractivity contribution is -0.0400. The molecule has 0 spiro atoms. The van der Waals surface area contributed by atoms with Crippen molar-refractivity contribution in [3.05, 3.63) is 0 Å². The van der Waals surface area contributed by atoms with Crippen LogP contribution in [0.4, 0.5) is 0 Å². The number of hydrogen-bond donors (Lipinski definition) is 1. The lowest BCUT2D eigenvalue weighted by Gasteiger charge is -2.35. The molecule has 0 amide bonds. The minimum Gasteiger partial charge on any atom is -0.378 e. The van der Waals surface area contributed by atoms with Crippen LogP contribution < -0.4 is 5.73 Å². The largest absolute Gasteiger partial charge is 0.378 e. The first-order valence-electron chi connectivity index (χ1n) is 7.61. The molecule has 3 unspecified atom stereocenters. The first-order valence-corrected chi connectivity index (χ1v) is 7.61. The molecule has 2 saturated carbocycles. The van der Waals surface area contributed by atoms with Gasteiger partial charge >= 0.3 is 0 Å². The summed E-state index contributed by atoms with van der Waals surface area (Å²) in [6.45, 7) is 4.15. The third kappa shape index (κ3) is 3.96. The van der Waals surface area contributed by atoms with E-state index in [0.29, 0.717) is 12.0 Å². The van der Waals surface area contributed by atoms with E-state index in [-0.39, 0.29) is 0 Å². The molecule has 2 N–H and O–H groups in total. The number of rotatable bonds is 4. The van der Waals surface area contributed by atoms with E-state index >= 15 is 0 Å². The quantitative estimate of drug-likeness (QED) is 0.816. The van der Waals surface area contributed by atoms with Gasteiger partial charge in [0.05, 0.1) is 6.10 Å². The van der Waals surface area contributed by atoms with Crippen LogP contribution >= 0.6 is 0 Å². The van der Waals surface area contributed by atoms with Crippen LogP contribution in [-0.4, -0.2) is 19.3 Å². The van der Waals surface area contributed by atoms with Crippen LogP contribution in [0.3, 0.4) is 0 Å². The van der Waals surface area contributed by atoms with Crippen LogP contribution in [0.1, 0.15) is 58.3 Å². The Balaban J connectivity index is 1.74. The molecule has 0 aliphatic heterocycles. The van der Waals surface area contributed by atoms with E-state index in [1.54, 1.807) is 0 Å². The van der Waals surface area contributed by atoms with Crippen molar-refractivity contribution in [1.29, 1.82) is 0 Å². The Bertz CT molecular complexity index is 213. The molecule has 2 fully saturated rings. The lowest BCUT2D eigenvalue weighted by Crippen LogP contribution is -2.36. The van der Waals surface area contributed by atoms with E-state index in [0.717, 1.165) is 25.0 Å². The van der Waals surface area contributed by atoms with Crippen molar-refractivity contribution < 1.29 is 4.74 Å². The van der Waals surface area contributed by atoms with E-state index in [4.69, 9.17) is 10.5 Å². The average Bonchev–Trinajstić information content (AvgIpc) is 2.38. The Kier molecular flexibility index (Phi) is 5.30. The fourth-order valence-electron chi connectivity index (χ4n) is 3.48. The van der Waals surface area contributed by atoms with Crippen molar-refractivity contribution in [3.8, 4) is 0 Å². The van der Waals surface area contributed by atoms with Gasteiger partial charge in [-0.2, -0.15) is 0 Å². The Morgan fingerprint density at radius 3 is 2.53 bits per heavy atom. The van der Waals surface area contributed by atoms with Crippen molar-refractivity contribution in [3.63, 3.8) is 0 Å². The normalized spacial score (nSPS) is 36.0. The van der Waals surface area contributed by atoms with Gasteiger partial charge < -0.3 is 10.5 Å². The molecule has 17 heavy (non-hydrogen) atoms. The molecule has 0 bridgehead atoms. The molecule has 0 radical (unpaired) electrons. The number of hydrogen-bond acceptors (Lipinski definition) is 2. The zero-order valence-corrected chi connectivity index (χ0v) is 11.4. The molecule has 2 rings (SSSR count). The van der Waals surface area contributed by atoms with Crippen LogP contribution in [0.2, 0.25) is 0 Å². The third-order valence-corrected chi connectivity index (χ3v) is 4.76. The van der Waals surface area contributed by atoms with Gasteiger partial charge in [-0.15, -0.1) is 0 Å². The molecule has 2 nitrogen and oxygen atoms in total. The van der Waals surface area contributed by atoms with Crippen LogP contribution in [0.25, 0.3) is 0 Å². The Morgan fingerprint density at radius 2 is 1.82 bits per heavy atom. The van der Waals surface area contributed by atoms with Crippen LogP contribution in [0, 0.1) is 17.8 Å². The van der Waals surface area contributed by atoms with E-state index in [1.165, 1.54) is 51.4 Å². The monoisotopic (exact) mass is 239 g/mol. The maximum Gasteiger partial charge on any atom is 0.0618 e. The molecule has 2 aliphatic carbocycles. The van der Waals surface area contributed by atoms with Gasteiger partial charge in [-0.3, -0.25) is 0 Å². The maximum atomic E-state index is 6.22. The highest BCUT2D eigenvalue weighted by Gasteiger charge is 2.29. The maximum absolute atomic E-state index is 6.22. The summed E-state index contributed by atoms with van der Waals surface area (Å²) in [7, 11) is 0. The average molecular weight is 239 g/mol. The fourth-order valence-corrected chi connectivity index (χ4v) is 3.48. The molecular formula is C15H29NO. The van der Waals surface area contributed by atoms with Crippen molar-refractivity contribution >= 4 is 0 Å². The van der Waals surface area contributed by atoms with Crippen LogP contribution in [0.5, 0.6) is 0 Å². The van der Waals surface area contributed by atoms with E-state index in [1.807, 2.05) is 0 Å². The third-order valence-electron chi connectivity index (χ3n) is 4.76. The first kappa shape index (κ1) is 13.4. The van der Waals surface area contributed by atoms with Gasteiger partial charge in [0.25, 0.3) is 0 Å². The van der Waals surface area contributed by atoms with Gasteiger partial charge in [0, 0.05) is 6.61 Å². The van der Waals surface area contributed by atoms with Crippen LogP contribution in [-0.2, 0) is 4.74 Å². The summed E-state index contributed by atoms with van der Waals surface area (Å²) in [6, 6.07) is 0. The Labute approximate surface area is 106 Å². The topological polar surface area (TPSA) is 35.2 Å². The summed E-state index contributed by atoms with van der Waals surface area (Å²) in [5.74, 6) is 2.28. The lowest BCUT2D eigenvalue weighted by atomic mass is 9.80. The molecule has 0 aromatic carbocycles. The number of nitrogens with two attached hydrogens (primary N) is 1. The van der Waals surface area contributed by atoms with E-state index in [2.05, 4.69) is 6.92 Å². The molecule has 2 heteroatoms. The van der Waals surface area contributed by atoms with Gasteiger partial charge in [-0.05, 0) is 50.0 Å². The van der Waals surface area contributed by atoms with Gasteiger partial charge in [0.2, 0.25) is 0 Å². The molecule has 0 heterocycles. The predicted molar refractivity (Wildman–Crippen MR) is 71.9 cm³/mol. The second-order valence-corrected chi connectivity index (χ2v) is 6.29. The summed E-state index contributed by atoms with van der Waals surface area (Å²) >= 11 is 0. The van der Waals surface area contributed by atoms with Crippen molar-refractivity contribution in [2.24, 2.45) is 23.5 Å². The summed E-state index contributed by atoms with van der Waals surface area (Å²) in [4.78, 5) is 0. The standard InChI is InChI=1S/C15H29NO/c1-12-7-8-14(10-16)15(9-12)17-11-13-5-3-2-4-6-13/h12-15H,2-11,16H2,1H3. The van der Waals surface area contributed by atoms with Crippen LogP contribution in [0.15, 0.2) is 0 Å². The highest BCUT2D eigenvalue weighted by molar-refractivity contribution is 4.80. The molecule has 0 aromatic heterocycles. The summed E-state index contributed by atoms with van der Waals surface area (Å²) < 4.78 is 6.22. The highest BCUT2D eigenvalue weighted by Crippen LogP contribution is 2.32. The molecule has 3 atom stereocenters. The first-order chi connectivity index (χ1) is 8.29. The van der Waals surface area contributed by atoms with E-state index < -0.39 is 0 Å². The van der Waals surface area contributed by atoms with Gasteiger partial charge in [-0.1, -0.05) is 32.6 Å². The highest BCUT2D eigenvalue weighted by atomic mass is 16.5. The molecule has 0 saturated heterocycles. The zero-order valence-electron chi connectivity index (χ0n) is 11.4. The SMILES string of the molecule is CC1CCC(CN)C(OCC2CCCCC2)C1. The smallest absolute Gasteiger partial charge is 0.0618 e. The zero-order chi connectivity index (χ0) is 12.1. The summed E-state index contributed by atoms with van der Waals surface area (Å²) in [5, 5.41) is 0. The van der Waals surface area contributed by atoms with Crippen molar-refractivity contribution in [1.82, 2.24) is 0 Å². The predicted octanol–water partition coefficient (Wildman–Crippen LogP) is 3.35. The Morgan fingerprint density at radius 1 is 1.06 bits per heavy atom. The van der Waals surface area contributed by atoms with Gasteiger partial charge in [0.1, 0.15) is 0 Å². The molecule has 0 aromatic rings. The molecule has 100 valence electrons. The van der Waals surface area contributed by atoms with Gasteiger partial charge in [-0.25, -0.2) is 0 Å². The molecule has 2 aliphatic rings.